The summed E-state index contributed by atoms with van der Waals surface area (Å²) < 4.78 is 0. The van der Waals surface area contributed by atoms with Crippen LogP contribution in [0.15, 0.2) is 0 Å². The van der Waals surface area contributed by atoms with E-state index in [1.807, 2.05) is 6.92 Å². The van der Waals surface area contributed by atoms with Crippen LogP contribution in [0.2, 0.25) is 0 Å². The van der Waals surface area contributed by atoms with Crippen LogP contribution in [0.1, 0.15) is 40.5 Å². The van der Waals surface area contributed by atoms with E-state index in [1.165, 1.54) is 12.8 Å². The van der Waals surface area contributed by atoms with Gasteiger partial charge < -0.3 is 15.5 Å². The van der Waals surface area contributed by atoms with Crippen molar-refractivity contribution in [3.63, 3.8) is 0 Å². The van der Waals surface area contributed by atoms with Crippen molar-refractivity contribution in [2.24, 2.45) is 0 Å². The van der Waals surface area contributed by atoms with Gasteiger partial charge in [0, 0.05) is 25.2 Å². The fourth-order valence-electron chi connectivity index (χ4n) is 1.89. The molecule has 1 heterocycles. The van der Waals surface area contributed by atoms with E-state index in [-0.39, 0.29) is 5.54 Å². The Morgan fingerprint density at radius 3 is 2.21 bits per heavy atom. The summed E-state index contributed by atoms with van der Waals surface area (Å²) in [5, 5.41) is 6.57. The van der Waals surface area contributed by atoms with Crippen LogP contribution in [0.5, 0.6) is 0 Å². The molecule has 1 fully saturated rings. The minimum Gasteiger partial charge on any atom is -0.354 e. The summed E-state index contributed by atoms with van der Waals surface area (Å²) in [7, 11) is 0. The zero-order valence-electron chi connectivity index (χ0n) is 12.3. The number of hydrogen-bond donors (Lipinski definition) is 2. The zero-order valence-corrected chi connectivity index (χ0v) is 12.3. The molecule has 0 radical (unpaired) electrons. The molecule has 1 aromatic heterocycles. The second-order valence-corrected chi connectivity index (χ2v) is 5.17. The summed E-state index contributed by atoms with van der Waals surface area (Å²) >= 11 is 0. The Kier molecular flexibility index (Phi) is 4.07. The molecule has 0 saturated heterocycles. The quantitative estimate of drug-likeness (QED) is 0.786. The maximum absolute atomic E-state index is 4.54. The Morgan fingerprint density at radius 1 is 1.05 bits per heavy atom. The highest BCUT2D eigenvalue weighted by molar-refractivity contribution is 5.45. The lowest BCUT2D eigenvalue weighted by Gasteiger charge is -2.20. The fraction of sp³-hybridized carbons (Fsp3) is 0.769. The Labute approximate surface area is 115 Å². The van der Waals surface area contributed by atoms with Gasteiger partial charge in [0.2, 0.25) is 17.8 Å². The smallest absolute Gasteiger partial charge is 0.231 e. The standard InChI is InChI=1S/C13H24N6/c1-5-14-10-15-11(18-13(4)8-9-13)17-12(16-10)19(6-2)7-3/h5-9H2,1-4H3,(H2,14,15,16,17,18). The maximum Gasteiger partial charge on any atom is 0.231 e. The van der Waals surface area contributed by atoms with Crippen LogP contribution in [0.3, 0.4) is 0 Å². The Balaban J connectivity index is 2.25. The molecule has 2 N–H and O–H groups in total. The van der Waals surface area contributed by atoms with Gasteiger partial charge in [0.15, 0.2) is 0 Å². The molecule has 0 aliphatic heterocycles. The van der Waals surface area contributed by atoms with E-state index in [9.17, 15) is 0 Å². The first-order valence-corrected chi connectivity index (χ1v) is 7.13. The number of anilines is 3. The molecular weight excluding hydrogens is 240 g/mol. The second-order valence-electron chi connectivity index (χ2n) is 5.17. The van der Waals surface area contributed by atoms with Crippen LogP contribution in [0.4, 0.5) is 17.8 Å². The highest BCUT2D eigenvalue weighted by Gasteiger charge is 2.38. The van der Waals surface area contributed by atoms with Crippen LogP contribution < -0.4 is 15.5 Å². The Hall–Kier alpha value is -1.59. The van der Waals surface area contributed by atoms with E-state index < -0.39 is 0 Å². The molecule has 19 heavy (non-hydrogen) atoms. The summed E-state index contributed by atoms with van der Waals surface area (Å²) in [5.41, 5.74) is 0.172. The molecule has 1 aliphatic rings. The summed E-state index contributed by atoms with van der Waals surface area (Å²) in [4.78, 5) is 15.6. The Morgan fingerprint density at radius 2 is 1.68 bits per heavy atom. The minimum absolute atomic E-state index is 0.172. The molecule has 1 aromatic rings. The topological polar surface area (TPSA) is 66.0 Å². The molecule has 0 bridgehead atoms. The van der Waals surface area contributed by atoms with Crippen molar-refractivity contribution < 1.29 is 0 Å². The molecule has 1 saturated carbocycles. The number of nitrogens with one attached hydrogen (secondary N) is 2. The zero-order chi connectivity index (χ0) is 13.9. The van der Waals surface area contributed by atoms with Crippen molar-refractivity contribution >= 4 is 17.8 Å². The average molecular weight is 264 g/mol. The van der Waals surface area contributed by atoms with E-state index in [4.69, 9.17) is 0 Å². The molecule has 106 valence electrons. The average Bonchev–Trinajstić information content (AvgIpc) is 3.08. The maximum atomic E-state index is 4.54. The van der Waals surface area contributed by atoms with Gasteiger partial charge in [0.25, 0.3) is 0 Å². The Bertz CT molecular complexity index is 425. The molecule has 0 amide bonds. The summed E-state index contributed by atoms with van der Waals surface area (Å²) in [6.07, 6.45) is 2.35. The molecule has 2 rings (SSSR count). The first-order chi connectivity index (χ1) is 9.10. The van der Waals surface area contributed by atoms with Crippen LogP contribution >= 0.6 is 0 Å². The third kappa shape index (κ3) is 3.45. The molecular formula is C13H24N6. The lowest BCUT2D eigenvalue weighted by Crippen LogP contribution is -2.26. The van der Waals surface area contributed by atoms with Crippen molar-refractivity contribution in [3.8, 4) is 0 Å². The predicted octanol–water partition coefficient (Wildman–Crippen LogP) is 2.11. The van der Waals surface area contributed by atoms with Gasteiger partial charge >= 0.3 is 0 Å². The van der Waals surface area contributed by atoms with Gasteiger partial charge in [-0.15, -0.1) is 0 Å². The lowest BCUT2D eigenvalue weighted by molar-refractivity contribution is 0.783. The van der Waals surface area contributed by atoms with Crippen LogP contribution in [-0.2, 0) is 0 Å². The van der Waals surface area contributed by atoms with Gasteiger partial charge in [-0.25, -0.2) is 0 Å². The SMILES string of the molecule is CCNc1nc(NC2(C)CC2)nc(N(CC)CC)n1. The molecule has 0 aromatic carbocycles. The largest absolute Gasteiger partial charge is 0.354 e. The molecule has 6 nitrogen and oxygen atoms in total. The third-order valence-corrected chi connectivity index (χ3v) is 3.42. The minimum atomic E-state index is 0.172. The summed E-state index contributed by atoms with van der Waals surface area (Å²) in [6, 6.07) is 0. The molecule has 1 aliphatic carbocycles. The van der Waals surface area contributed by atoms with E-state index in [2.05, 4.69) is 51.3 Å². The highest BCUT2D eigenvalue weighted by atomic mass is 15.3. The molecule has 0 atom stereocenters. The third-order valence-electron chi connectivity index (χ3n) is 3.42. The molecule has 6 heteroatoms. The van der Waals surface area contributed by atoms with Crippen LogP contribution in [0, 0.1) is 0 Å². The lowest BCUT2D eigenvalue weighted by atomic mass is 10.3. The normalized spacial score (nSPS) is 16.0. The first kappa shape index (κ1) is 13.8. The highest BCUT2D eigenvalue weighted by Crippen LogP contribution is 2.37. The van der Waals surface area contributed by atoms with Gasteiger partial charge in [0.1, 0.15) is 0 Å². The van der Waals surface area contributed by atoms with E-state index in [0.717, 1.165) is 25.6 Å². The van der Waals surface area contributed by atoms with Crippen LogP contribution in [-0.4, -0.2) is 40.1 Å². The van der Waals surface area contributed by atoms with Crippen molar-refractivity contribution in [1.29, 1.82) is 0 Å². The van der Waals surface area contributed by atoms with Gasteiger partial charge in [-0.05, 0) is 40.5 Å². The molecule has 0 unspecified atom stereocenters. The van der Waals surface area contributed by atoms with Gasteiger partial charge in [-0.2, -0.15) is 15.0 Å². The predicted molar refractivity (Wildman–Crippen MR) is 78.8 cm³/mol. The van der Waals surface area contributed by atoms with Crippen molar-refractivity contribution in [2.45, 2.75) is 46.1 Å². The fourth-order valence-corrected chi connectivity index (χ4v) is 1.89. The molecule has 0 spiro atoms. The number of hydrogen-bond acceptors (Lipinski definition) is 6. The van der Waals surface area contributed by atoms with Crippen molar-refractivity contribution in [1.82, 2.24) is 15.0 Å². The summed E-state index contributed by atoms with van der Waals surface area (Å²) in [6.45, 7) is 11.0. The summed E-state index contributed by atoms with van der Waals surface area (Å²) in [5.74, 6) is 2.06. The first-order valence-electron chi connectivity index (χ1n) is 7.13. The van der Waals surface area contributed by atoms with Gasteiger partial charge in [-0.1, -0.05) is 0 Å². The number of rotatable bonds is 7. The second kappa shape index (κ2) is 5.59. The van der Waals surface area contributed by atoms with E-state index in [0.29, 0.717) is 11.9 Å². The van der Waals surface area contributed by atoms with Crippen molar-refractivity contribution in [3.05, 3.63) is 0 Å². The number of aromatic nitrogens is 3. The van der Waals surface area contributed by atoms with Crippen LogP contribution in [0.25, 0.3) is 0 Å². The van der Waals surface area contributed by atoms with Gasteiger partial charge in [0.05, 0.1) is 0 Å². The monoisotopic (exact) mass is 264 g/mol. The van der Waals surface area contributed by atoms with Gasteiger partial charge in [-0.3, -0.25) is 0 Å². The number of nitrogens with zero attached hydrogens (tertiary/aromatic N) is 4. The van der Waals surface area contributed by atoms with E-state index >= 15 is 0 Å². The van der Waals surface area contributed by atoms with Crippen molar-refractivity contribution in [2.75, 3.05) is 35.2 Å². The van der Waals surface area contributed by atoms with E-state index in [1.54, 1.807) is 0 Å².